The van der Waals surface area contributed by atoms with Crippen molar-refractivity contribution in [1.82, 2.24) is 9.80 Å². The van der Waals surface area contributed by atoms with Gasteiger partial charge in [-0.05, 0) is 38.8 Å². The number of nitrogens with zero attached hydrogens (tertiary/aromatic N) is 2. The van der Waals surface area contributed by atoms with Crippen molar-refractivity contribution in [2.75, 3.05) is 32.7 Å². The van der Waals surface area contributed by atoms with Crippen molar-refractivity contribution < 1.29 is 4.79 Å². The van der Waals surface area contributed by atoms with Gasteiger partial charge in [-0.2, -0.15) is 0 Å². The highest BCUT2D eigenvalue weighted by atomic mass is 16.1. The lowest BCUT2D eigenvalue weighted by Crippen LogP contribution is -2.39. The third kappa shape index (κ3) is 2.94. The summed E-state index contributed by atoms with van der Waals surface area (Å²) >= 11 is 0. The topological polar surface area (TPSA) is 23.6 Å². The Bertz CT molecular complexity index is 331. The first-order valence-electron chi connectivity index (χ1n) is 7.48. The molecule has 3 nitrogen and oxygen atoms in total. The molecule has 0 atom stereocenters. The van der Waals surface area contributed by atoms with Gasteiger partial charge in [0, 0.05) is 37.3 Å². The van der Waals surface area contributed by atoms with E-state index in [9.17, 15) is 4.79 Å². The largest absolute Gasteiger partial charge is 0.373 e. The van der Waals surface area contributed by atoms with Crippen molar-refractivity contribution in [3.05, 3.63) is 11.3 Å². The molecule has 2 rings (SSSR count). The van der Waals surface area contributed by atoms with Crippen LogP contribution in [0.5, 0.6) is 0 Å². The third-order valence-electron chi connectivity index (χ3n) is 4.35. The van der Waals surface area contributed by atoms with E-state index in [0.29, 0.717) is 5.78 Å². The number of hydrogen-bond acceptors (Lipinski definition) is 3. The maximum atomic E-state index is 11.9. The van der Waals surface area contributed by atoms with Gasteiger partial charge in [0.05, 0.1) is 0 Å². The van der Waals surface area contributed by atoms with Crippen molar-refractivity contribution in [1.29, 1.82) is 0 Å². The second-order valence-electron chi connectivity index (χ2n) is 5.32. The molecule has 0 bridgehead atoms. The van der Waals surface area contributed by atoms with Crippen molar-refractivity contribution in [3.8, 4) is 0 Å². The van der Waals surface area contributed by atoms with Crippen LogP contribution in [0.4, 0.5) is 0 Å². The predicted octanol–water partition coefficient (Wildman–Crippen LogP) is 2.43. The van der Waals surface area contributed by atoms with E-state index in [0.717, 1.165) is 57.6 Å². The molecule has 1 aliphatic heterocycles. The van der Waals surface area contributed by atoms with Crippen molar-refractivity contribution in [2.24, 2.45) is 0 Å². The average molecular weight is 250 g/mol. The lowest BCUT2D eigenvalue weighted by Gasteiger charge is -2.36. The highest BCUT2D eigenvalue weighted by Gasteiger charge is 2.27. The number of likely N-dealkylation sites (N-methyl/N-ethyl adjacent to an activating group) is 1. The van der Waals surface area contributed by atoms with Crippen LogP contribution < -0.4 is 0 Å². The van der Waals surface area contributed by atoms with Crippen molar-refractivity contribution in [2.45, 2.75) is 46.0 Å². The number of rotatable bonds is 5. The van der Waals surface area contributed by atoms with Crippen LogP contribution in [0.3, 0.4) is 0 Å². The lowest BCUT2D eigenvalue weighted by molar-refractivity contribution is -0.117. The standard InChI is InChI=1S/C15H26N2O/c1-3-16(4-2)11-12-17-10-9-15(18)13-7-5-6-8-14(13)17/h3-12H2,1-2H3. The molecular formula is C15H26N2O. The predicted molar refractivity (Wildman–Crippen MR) is 74.5 cm³/mol. The summed E-state index contributed by atoms with van der Waals surface area (Å²) in [5.41, 5.74) is 2.54. The first-order chi connectivity index (χ1) is 8.76. The average Bonchev–Trinajstić information content (AvgIpc) is 2.42. The maximum absolute atomic E-state index is 11.9. The van der Waals surface area contributed by atoms with E-state index in [2.05, 4.69) is 23.6 Å². The molecule has 0 amide bonds. The van der Waals surface area contributed by atoms with Gasteiger partial charge in [0.2, 0.25) is 0 Å². The molecule has 0 unspecified atom stereocenters. The summed E-state index contributed by atoms with van der Waals surface area (Å²) < 4.78 is 0. The zero-order chi connectivity index (χ0) is 13.0. The minimum Gasteiger partial charge on any atom is -0.373 e. The van der Waals surface area contributed by atoms with E-state index in [-0.39, 0.29) is 0 Å². The quantitative estimate of drug-likeness (QED) is 0.749. The van der Waals surface area contributed by atoms with Crippen LogP contribution in [0.1, 0.15) is 46.0 Å². The lowest BCUT2D eigenvalue weighted by atomic mass is 9.88. The first kappa shape index (κ1) is 13.6. The zero-order valence-corrected chi connectivity index (χ0v) is 11.9. The Labute approximate surface area is 111 Å². The molecule has 2 aliphatic rings. The SMILES string of the molecule is CCN(CC)CCN1CCC(=O)C2=C1CCCC2. The monoisotopic (exact) mass is 250 g/mol. The number of carbonyl (C=O) groups excluding carboxylic acids is 1. The van der Waals surface area contributed by atoms with Crippen molar-refractivity contribution in [3.63, 3.8) is 0 Å². The molecule has 3 heteroatoms. The number of Topliss-reactive ketones (excluding diaryl/α,β-unsaturated/α-hetero) is 1. The molecule has 0 saturated heterocycles. The Kier molecular flexibility index (Phi) is 4.81. The molecule has 0 N–H and O–H groups in total. The summed E-state index contributed by atoms with van der Waals surface area (Å²) in [7, 11) is 0. The van der Waals surface area contributed by atoms with Gasteiger partial charge in [0.15, 0.2) is 5.78 Å². The molecule has 1 aliphatic carbocycles. The van der Waals surface area contributed by atoms with E-state index in [4.69, 9.17) is 0 Å². The van der Waals surface area contributed by atoms with Crippen molar-refractivity contribution >= 4 is 5.78 Å². The van der Waals surface area contributed by atoms with Gasteiger partial charge in [0.25, 0.3) is 0 Å². The number of carbonyl (C=O) groups is 1. The van der Waals surface area contributed by atoms with Crippen LogP contribution in [0.2, 0.25) is 0 Å². The minimum absolute atomic E-state index is 0.420. The zero-order valence-electron chi connectivity index (χ0n) is 11.9. The van der Waals surface area contributed by atoms with Gasteiger partial charge in [-0.3, -0.25) is 4.79 Å². The Morgan fingerprint density at radius 2 is 1.83 bits per heavy atom. The summed E-state index contributed by atoms with van der Waals surface area (Å²) in [5, 5.41) is 0. The summed E-state index contributed by atoms with van der Waals surface area (Å²) in [5.74, 6) is 0.420. The third-order valence-corrected chi connectivity index (χ3v) is 4.35. The molecule has 0 aromatic heterocycles. The fourth-order valence-electron chi connectivity index (χ4n) is 3.11. The molecule has 0 saturated carbocycles. The van der Waals surface area contributed by atoms with Gasteiger partial charge in [-0.25, -0.2) is 0 Å². The van der Waals surface area contributed by atoms with Crippen LogP contribution in [0, 0.1) is 0 Å². The normalized spacial score (nSPS) is 20.6. The van der Waals surface area contributed by atoms with Crippen LogP contribution in [-0.2, 0) is 4.79 Å². The van der Waals surface area contributed by atoms with Gasteiger partial charge in [0.1, 0.15) is 0 Å². The van der Waals surface area contributed by atoms with Crippen LogP contribution in [0.15, 0.2) is 11.3 Å². The first-order valence-corrected chi connectivity index (χ1v) is 7.48. The second kappa shape index (κ2) is 6.37. The van der Waals surface area contributed by atoms with E-state index in [1.54, 1.807) is 0 Å². The fourth-order valence-corrected chi connectivity index (χ4v) is 3.11. The van der Waals surface area contributed by atoms with E-state index in [1.807, 2.05) is 0 Å². The molecule has 1 heterocycles. The Morgan fingerprint density at radius 3 is 2.56 bits per heavy atom. The smallest absolute Gasteiger partial charge is 0.162 e. The number of hydrogen-bond donors (Lipinski definition) is 0. The molecule has 0 aromatic rings. The molecule has 102 valence electrons. The van der Waals surface area contributed by atoms with E-state index in [1.165, 1.54) is 18.5 Å². The molecule has 0 radical (unpaired) electrons. The van der Waals surface area contributed by atoms with Crippen LogP contribution in [-0.4, -0.2) is 48.3 Å². The van der Waals surface area contributed by atoms with E-state index >= 15 is 0 Å². The molecular weight excluding hydrogens is 224 g/mol. The van der Waals surface area contributed by atoms with Crippen LogP contribution in [0.25, 0.3) is 0 Å². The highest BCUT2D eigenvalue weighted by molar-refractivity contribution is 5.97. The maximum Gasteiger partial charge on any atom is 0.162 e. The highest BCUT2D eigenvalue weighted by Crippen LogP contribution is 2.31. The summed E-state index contributed by atoms with van der Waals surface area (Å²) in [6.45, 7) is 9.83. The van der Waals surface area contributed by atoms with Gasteiger partial charge >= 0.3 is 0 Å². The minimum atomic E-state index is 0.420. The Hall–Kier alpha value is -0.830. The summed E-state index contributed by atoms with van der Waals surface area (Å²) in [4.78, 5) is 16.9. The molecule has 0 spiro atoms. The fraction of sp³-hybridized carbons (Fsp3) is 0.800. The molecule has 18 heavy (non-hydrogen) atoms. The molecule has 0 aromatic carbocycles. The van der Waals surface area contributed by atoms with Gasteiger partial charge in [-0.1, -0.05) is 13.8 Å². The summed E-state index contributed by atoms with van der Waals surface area (Å²) in [6.07, 6.45) is 5.34. The molecule has 0 fully saturated rings. The van der Waals surface area contributed by atoms with Gasteiger partial charge < -0.3 is 9.80 Å². The number of allylic oxidation sites excluding steroid dienone is 2. The summed E-state index contributed by atoms with van der Waals surface area (Å²) in [6, 6.07) is 0. The van der Waals surface area contributed by atoms with E-state index < -0.39 is 0 Å². The van der Waals surface area contributed by atoms with Crippen LogP contribution >= 0.6 is 0 Å². The van der Waals surface area contributed by atoms with Gasteiger partial charge in [-0.15, -0.1) is 0 Å². The second-order valence-corrected chi connectivity index (χ2v) is 5.32. The number of ketones is 1. The Balaban J connectivity index is 2.00. The Morgan fingerprint density at radius 1 is 1.11 bits per heavy atom.